The van der Waals surface area contributed by atoms with Crippen LogP contribution >= 0.6 is 0 Å². The Labute approximate surface area is 268 Å². The van der Waals surface area contributed by atoms with Gasteiger partial charge in [-0.1, -0.05) is 13.3 Å². The first-order valence-electron chi connectivity index (χ1n) is 16.0. The van der Waals surface area contributed by atoms with Gasteiger partial charge in [-0.3, -0.25) is 14.3 Å². The number of carbonyl (C=O) groups excluding carboxylic acids is 2. The highest BCUT2D eigenvalue weighted by Crippen LogP contribution is 2.35. The number of rotatable bonds is 12. The second-order valence-electron chi connectivity index (χ2n) is 12.2. The number of hydrogen-bond donors (Lipinski definition) is 2. The van der Waals surface area contributed by atoms with Crippen LogP contribution in [0.2, 0.25) is 0 Å². The number of piperidine rings is 1. The minimum Gasteiger partial charge on any atom is -0.375 e. The number of halogens is 5. The van der Waals surface area contributed by atoms with Crippen LogP contribution in [0.15, 0.2) is 18.5 Å². The van der Waals surface area contributed by atoms with E-state index in [-0.39, 0.29) is 49.0 Å². The third kappa shape index (κ3) is 8.16. The number of aryl methyl sites for hydroxylation is 1. The molecule has 4 atom stereocenters. The molecule has 258 valence electrons. The summed E-state index contributed by atoms with van der Waals surface area (Å²) in [6, 6.07) is 0.585. The highest BCUT2D eigenvalue weighted by Gasteiger charge is 2.45. The largest absolute Gasteiger partial charge is 0.393 e. The second kappa shape index (κ2) is 14.1. The summed E-state index contributed by atoms with van der Waals surface area (Å²) in [7, 11) is 0. The summed E-state index contributed by atoms with van der Waals surface area (Å²) < 4.78 is 78.5. The van der Waals surface area contributed by atoms with Crippen molar-refractivity contribution >= 4 is 23.4 Å². The van der Waals surface area contributed by atoms with Crippen LogP contribution in [0.4, 0.5) is 27.8 Å². The summed E-state index contributed by atoms with van der Waals surface area (Å²) in [6.45, 7) is 6.52. The quantitative estimate of drug-likeness (QED) is 0.276. The van der Waals surface area contributed by atoms with Crippen LogP contribution in [0.1, 0.15) is 80.8 Å². The molecule has 2 aliphatic rings. The molecule has 5 rings (SSSR count). The monoisotopic (exact) mass is 669 g/mol. The van der Waals surface area contributed by atoms with Crippen molar-refractivity contribution in [2.45, 2.75) is 90.1 Å². The van der Waals surface area contributed by atoms with Crippen molar-refractivity contribution in [2.24, 2.45) is 11.8 Å². The fourth-order valence-electron chi connectivity index (χ4n) is 6.14. The summed E-state index contributed by atoms with van der Waals surface area (Å²) in [5.74, 6) is -6.20. The normalized spacial score (nSPS) is 21.6. The number of imidazole rings is 1. The molecule has 0 bridgehead atoms. The fourth-order valence-corrected chi connectivity index (χ4v) is 6.14. The molecule has 0 radical (unpaired) electrons. The SMILES string of the molecule is CCCC(F)(F)CCC(NC(=O)c1ccnn1CC)c1cn2nc(CC3CC(C(F)(F)F)CNC3=O)c(N3CCOC(C)C3)nc2n1. The van der Waals surface area contributed by atoms with Gasteiger partial charge in [0.1, 0.15) is 11.4 Å². The van der Waals surface area contributed by atoms with Crippen molar-refractivity contribution in [3.8, 4) is 0 Å². The zero-order chi connectivity index (χ0) is 33.9. The van der Waals surface area contributed by atoms with E-state index >= 15 is 0 Å². The number of ether oxygens (including phenoxy) is 1. The van der Waals surface area contributed by atoms with Crippen LogP contribution in [-0.4, -0.2) is 85.6 Å². The maximum Gasteiger partial charge on any atom is 0.393 e. The third-order valence-corrected chi connectivity index (χ3v) is 8.61. The van der Waals surface area contributed by atoms with E-state index < -0.39 is 61.2 Å². The number of carbonyl (C=O) groups is 2. The van der Waals surface area contributed by atoms with Gasteiger partial charge < -0.3 is 20.3 Å². The zero-order valence-corrected chi connectivity index (χ0v) is 26.6. The number of hydrogen-bond acceptors (Lipinski definition) is 8. The molecule has 0 aliphatic carbocycles. The number of amides is 2. The van der Waals surface area contributed by atoms with Crippen LogP contribution < -0.4 is 15.5 Å². The van der Waals surface area contributed by atoms with Crippen molar-refractivity contribution in [2.75, 3.05) is 31.1 Å². The van der Waals surface area contributed by atoms with Gasteiger partial charge in [0.25, 0.3) is 11.7 Å². The molecule has 17 heteroatoms. The number of fused-ring (bicyclic) bond motifs is 1. The van der Waals surface area contributed by atoms with Crippen molar-refractivity contribution < 1.29 is 36.3 Å². The molecule has 2 amide bonds. The molecule has 2 aliphatic heterocycles. The smallest absolute Gasteiger partial charge is 0.375 e. The fraction of sp³-hybridized carbons (Fsp3) is 0.667. The van der Waals surface area contributed by atoms with Gasteiger partial charge in [0.15, 0.2) is 5.82 Å². The van der Waals surface area contributed by atoms with Gasteiger partial charge in [0.05, 0.1) is 36.6 Å². The van der Waals surface area contributed by atoms with Crippen molar-refractivity contribution in [3.63, 3.8) is 0 Å². The van der Waals surface area contributed by atoms with Gasteiger partial charge in [-0.25, -0.2) is 18.3 Å². The Bertz CT molecular complexity index is 1560. The maximum atomic E-state index is 14.6. The topological polar surface area (TPSA) is 132 Å². The number of alkyl halides is 5. The molecule has 47 heavy (non-hydrogen) atoms. The second-order valence-corrected chi connectivity index (χ2v) is 12.2. The molecular formula is C30H40F5N9O3. The van der Waals surface area contributed by atoms with Gasteiger partial charge in [-0.2, -0.15) is 28.4 Å². The first-order valence-corrected chi connectivity index (χ1v) is 16.0. The van der Waals surface area contributed by atoms with E-state index in [2.05, 4.69) is 25.8 Å². The first-order chi connectivity index (χ1) is 22.3. The lowest BCUT2D eigenvalue weighted by atomic mass is 9.86. The van der Waals surface area contributed by atoms with E-state index in [0.717, 1.165) is 0 Å². The molecule has 5 heterocycles. The molecular weight excluding hydrogens is 629 g/mol. The third-order valence-electron chi connectivity index (χ3n) is 8.61. The van der Waals surface area contributed by atoms with Crippen molar-refractivity contribution in [1.82, 2.24) is 40.0 Å². The summed E-state index contributed by atoms with van der Waals surface area (Å²) in [5, 5.41) is 14.0. The highest BCUT2D eigenvalue weighted by atomic mass is 19.4. The molecule has 2 fully saturated rings. The van der Waals surface area contributed by atoms with E-state index in [4.69, 9.17) is 9.72 Å². The molecule has 12 nitrogen and oxygen atoms in total. The predicted octanol–water partition coefficient (Wildman–Crippen LogP) is 4.11. The standard InChI is InChI=1S/C30H40F5N9O3/c1-4-8-29(31,32)9-6-21(38-27(46)24-7-10-37-43(24)5-2)23-17-44-28(39-23)40-25(42-11-12-47-18(3)16-42)22(41-44)14-19-13-20(30(33,34)35)15-36-26(19)45/h7,10,17-21H,4-6,8-9,11-16H2,1-3H3,(H,36,45)(H,38,46). The molecule has 0 aromatic carbocycles. The molecule has 4 unspecified atom stereocenters. The van der Waals surface area contributed by atoms with E-state index in [1.54, 1.807) is 6.92 Å². The number of aromatic nitrogens is 6. The Morgan fingerprint density at radius 1 is 1.19 bits per heavy atom. The number of anilines is 1. The average Bonchev–Trinajstić information content (AvgIpc) is 3.66. The summed E-state index contributed by atoms with van der Waals surface area (Å²) in [4.78, 5) is 37.2. The summed E-state index contributed by atoms with van der Waals surface area (Å²) in [5.41, 5.74) is 0.784. The zero-order valence-electron chi connectivity index (χ0n) is 26.6. The Morgan fingerprint density at radius 2 is 1.98 bits per heavy atom. The van der Waals surface area contributed by atoms with Crippen LogP contribution in [0.3, 0.4) is 0 Å². The van der Waals surface area contributed by atoms with Crippen LogP contribution in [0, 0.1) is 11.8 Å². The van der Waals surface area contributed by atoms with Gasteiger partial charge in [-0.05, 0) is 32.8 Å². The summed E-state index contributed by atoms with van der Waals surface area (Å²) >= 11 is 0. The lowest BCUT2D eigenvalue weighted by molar-refractivity contribution is -0.183. The maximum absolute atomic E-state index is 14.6. The van der Waals surface area contributed by atoms with E-state index in [1.165, 1.54) is 27.7 Å². The van der Waals surface area contributed by atoms with Crippen LogP contribution in [0.5, 0.6) is 0 Å². The Kier molecular flexibility index (Phi) is 10.3. The number of nitrogens with one attached hydrogen (secondary N) is 2. The Morgan fingerprint density at radius 3 is 2.68 bits per heavy atom. The molecule has 2 saturated heterocycles. The predicted molar refractivity (Wildman–Crippen MR) is 160 cm³/mol. The highest BCUT2D eigenvalue weighted by molar-refractivity contribution is 5.92. The van der Waals surface area contributed by atoms with E-state index in [0.29, 0.717) is 37.8 Å². The van der Waals surface area contributed by atoms with Gasteiger partial charge in [-0.15, -0.1) is 0 Å². The van der Waals surface area contributed by atoms with Crippen LogP contribution in [-0.2, 0) is 22.5 Å². The molecule has 0 spiro atoms. The first kappa shape index (κ1) is 34.4. The molecule has 0 saturated carbocycles. The molecule has 3 aromatic heterocycles. The Hall–Kier alpha value is -3.89. The average molecular weight is 670 g/mol. The van der Waals surface area contributed by atoms with E-state index in [1.807, 2.05) is 18.7 Å². The lowest BCUT2D eigenvalue weighted by Crippen LogP contribution is -2.47. The number of morpholine rings is 1. The molecule has 2 N–H and O–H groups in total. The minimum absolute atomic E-state index is 0.109. The lowest BCUT2D eigenvalue weighted by Gasteiger charge is -2.34. The Balaban J connectivity index is 1.51. The minimum atomic E-state index is -4.47. The van der Waals surface area contributed by atoms with Gasteiger partial charge >= 0.3 is 6.18 Å². The van der Waals surface area contributed by atoms with Crippen LogP contribution in [0.25, 0.3) is 5.78 Å². The number of nitrogens with zero attached hydrogens (tertiary/aromatic N) is 7. The van der Waals surface area contributed by atoms with Gasteiger partial charge in [0.2, 0.25) is 11.8 Å². The van der Waals surface area contributed by atoms with Gasteiger partial charge in [0, 0.05) is 57.6 Å². The van der Waals surface area contributed by atoms with Crippen molar-refractivity contribution in [3.05, 3.63) is 35.5 Å². The van der Waals surface area contributed by atoms with Crippen molar-refractivity contribution in [1.29, 1.82) is 0 Å². The molecule has 3 aromatic rings. The summed E-state index contributed by atoms with van der Waals surface area (Å²) in [6.07, 6.45) is -2.85. The van der Waals surface area contributed by atoms with E-state index in [9.17, 15) is 31.5 Å².